The maximum absolute atomic E-state index is 10.9. The van der Waals surface area contributed by atoms with Crippen LogP contribution < -0.4 is 15.8 Å². The summed E-state index contributed by atoms with van der Waals surface area (Å²) in [4.78, 5) is 23.7. The predicted molar refractivity (Wildman–Crippen MR) is 89.9 cm³/mol. The number of rotatable bonds is 4. The summed E-state index contributed by atoms with van der Waals surface area (Å²) >= 11 is 0. The lowest BCUT2D eigenvalue weighted by molar-refractivity contribution is 0.211. The number of benzene rings is 1. The van der Waals surface area contributed by atoms with Gasteiger partial charge in [-0.25, -0.2) is 14.8 Å². The Labute approximate surface area is 138 Å². The highest BCUT2D eigenvalue weighted by Crippen LogP contribution is 2.25. The third kappa shape index (κ3) is 3.64. The molecule has 1 aromatic carbocycles. The number of aryl methyl sites for hydroxylation is 1. The first-order chi connectivity index (χ1) is 11.6. The largest absolute Gasteiger partial charge is 0.410 e. The Morgan fingerprint density at radius 2 is 2.08 bits per heavy atom. The molecule has 0 spiro atoms. The van der Waals surface area contributed by atoms with E-state index in [1.807, 2.05) is 31.2 Å². The van der Waals surface area contributed by atoms with Gasteiger partial charge in [0.25, 0.3) is 0 Å². The molecule has 0 unspecified atom stereocenters. The molecule has 3 aromatic rings. The van der Waals surface area contributed by atoms with Crippen LogP contribution in [0.15, 0.2) is 55.0 Å². The fraction of sp³-hybridized carbons (Fsp3) is 0.0588. The van der Waals surface area contributed by atoms with Crippen molar-refractivity contribution in [3.05, 3.63) is 60.6 Å². The lowest BCUT2D eigenvalue weighted by atomic mass is 10.2. The Balaban J connectivity index is 1.88. The first kappa shape index (κ1) is 15.4. The van der Waals surface area contributed by atoms with Crippen molar-refractivity contribution in [2.45, 2.75) is 6.92 Å². The van der Waals surface area contributed by atoms with Gasteiger partial charge in [-0.3, -0.25) is 4.98 Å². The number of ether oxygens (including phenoxy) is 1. The SMILES string of the molecule is Cc1ccc(OC(N)=O)cc1Nc1nccc(-c2cccnc2)n1. The molecule has 0 atom stereocenters. The summed E-state index contributed by atoms with van der Waals surface area (Å²) in [6.07, 6.45) is 4.24. The van der Waals surface area contributed by atoms with Crippen LogP contribution in [-0.2, 0) is 0 Å². The Hall–Kier alpha value is -3.48. The van der Waals surface area contributed by atoms with Crippen molar-refractivity contribution in [1.82, 2.24) is 15.0 Å². The van der Waals surface area contributed by atoms with Gasteiger partial charge in [-0.2, -0.15) is 0 Å². The molecule has 0 aliphatic carbocycles. The summed E-state index contributed by atoms with van der Waals surface area (Å²) in [7, 11) is 0. The molecular formula is C17H15N5O2. The molecule has 0 radical (unpaired) electrons. The Bertz CT molecular complexity index is 868. The minimum absolute atomic E-state index is 0.346. The van der Waals surface area contributed by atoms with Gasteiger partial charge in [0.15, 0.2) is 0 Å². The zero-order valence-corrected chi connectivity index (χ0v) is 12.9. The normalized spacial score (nSPS) is 10.2. The average Bonchev–Trinajstić information content (AvgIpc) is 2.58. The molecular weight excluding hydrogens is 306 g/mol. The molecule has 3 rings (SSSR count). The summed E-state index contributed by atoms with van der Waals surface area (Å²) in [5, 5.41) is 3.12. The molecule has 24 heavy (non-hydrogen) atoms. The molecule has 0 fully saturated rings. The van der Waals surface area contributed by atoms with Crippen LogP contribution in [0.3, 0.4) is 0 Å². The van der Waals surface area contributed by atoms with Crippen LogP contribution in [0.25, 0.3) is 11.3 Å². The third-order valence-corrected chi connectivity index (χ3v) is 3.29. The van der Waals surface area contributed by atoms with Crippen molar-refractivity contribution in [1.29, 1.82) is 0 Å². The monoisotopic (exact) mass is 321 g/mol. The standard InChI is InChI=1S/C17H15N5O2/c1-11-4-5-13(24-16(18)23)9-15(11)22-17-20-8-6-14(21-17)12-3-2-7-19-10-12/h2-10H,1H3,(H2,18,23)(H,20,21,22). The van der Waals surface area contributed by atoms with E-state index < -0.39 is 6.09 Å². The van der Waals surface area contributed by atoms with E-state index >= 15 is 0 Å². The van der Waals surface area contributed by atoms with Gasteiger partial charge >= 0.3 is 6.09 Å². The van der Waals surface area contributed by atoms with E-state index in [0.29, 0.717) is 11.7 Å². The summed E-state index contributed by atoms with van der Waals surface area (Å²) in [6, 6.07) is 10.7. The van der Waals surface area contributed by atoms with Gasteiger partial charge in [-0.1, -0.05) is 6.07 Å². The van der Waals surface area contributed by atoms with Crippen molar-refractivity contribution in [2.75, 3.05) is 5.32 Å². The minimum Gasteiger partial charge on any atom is -0.410 e. The number of carbonyl (C=O) groups is 1. The molecule has 7 nitrogen and oxygen atoms in total. The highest BCUT2D eigenvalue weighted by atomic mass is 16.5. The maximum atomic E-state index is 10.9. The van der Waals surface area contributed by atoms with E-state index in [1.54, 1.807) is 30.7 Å². The highest BCUT2D eigenvalue weighted by Gasteiger charge is 2.07. The molecule has 0 aliphatic rings. The van der Waals surface area contributed by atoms with Crippen LogP contribution in [0.2, 0.25) is 0 Å². The zero-order valence-electron chi connectivity index (χ0n) is 12.9. The van der Waals surface area contributed by atoms with Crippen LogP contribution in [-0.4, -0.2) is 21.0 Å². The number of amides is 1. The number of primary amides is 1. The first-order valence-electron chi connectivity index (χ1n) is 7.20. The summed E-state index contributed by atoms with van der Waals surface area (Å²) in [5.41, 5.74) is 8.35. The Morgan fingerprint density at radius 3 is 2.83 bits per heavy atom. The number of nitrogens with one attached hydrogen (secondary N) is 1. The van der Waals surface area contributed by atoms with Crippen molar-refractivity contribution >= 4 is 17.7 Å². The Morgan fingerprint density at radius 1 is 1.21 bits per heavy atom. The number of aromatic nitrogens is 3. The minimum atomic E-state index is -0.861. The van der Waals surface area contributed by atoms with Gasteiger partial charge < -0.3 is 15.8 Å². The van der Waals surface area contributed by atoms with E-state index in [-0.39, 0.29) is 0 Å². The van der Waals surface area contributed by atoms with Gasteiger partial charge in [-0.15, -0.1) is 0 Å². The van der Waals surface area contributed by atoms with Crippen molar-refractivity contribution in [2.24, 2.45) is 5.73 Å². The quantitative estimate of drug-likeness (QED) is 0.765. The number of pyridine rings is 1. The molecule has 2 aromatic heterocycles. The maximum Gasteiger partial charge on any atom is 0.409 e. The molecule has 2 heterocycles. The van der Waals surface area contributed by atoms with Gasteiger partial charge in [0.05, 0.1) is 5.69 Å². The molecule has 7 heteroatoms. The number of nitrogens with two attached hydrogens (primary N) is 1. The van der Waals surface area contributed by atoms with Gasteiger partial charge in [0.2, 0.25) is 5.95 Å². The van der Waals surface area contributed by atoms with Crippen LogP contribution in [0.1, 0.15) is 5.56 Å². The van der Waals surface area contributed by atoms with Gasteiger partial charge in [0, 0.05) is 35.9 Å². The van der Waals surface area contributed by atoms with Crippen molar-refractivity contribution < 1.29 is 9.53 Å². The number of nitrogens with zero attached hydrogens (tertiary/aromatic N) is 3. The summed E-state index contributed by atoms with van der Waals surface area (Å²) in [6.45, 7) is 1.92. The second-order valence-electron chi connectivity index (χ2n) is 5.03. The lowest BCUT2D eigenvalue weighted by Gasteiger charge is -2.10. The van der Waals surface area contributed by atoms with Crippen LogP contribution >= 0.6 is 0 Å². The number of carbonyl (C=O) groups excluding carboxylic acids is 1. The molecule has 0 saturated carbocycles. The molecule has 3 N–H and O–H groups in total. The molecule has 0 saturated heterocycles. The lowest BCUT2D eigenvalue weighted by Crippen LogP contribution is -2.16. The average molecular weight is 321 g/mol. The molecule has 0 aliphatic heterocycles. The highest BCUT2D eigenvalue weighted by molar-refractivity contribution is 5.70. The molecule has 1 amide bonds. The van der Waals surface area contributed by atoms with Crippen LogP contribution in [0.4, 0.5) is 16.4 Å². The van der Waals surface area contributed by atoms with Crippen molar-refractivity contribution in [3.8, 4) is 17.0 Å². The second kappa shape index (κ2) is 6.74. The van der Waals surface area contributed by atoms with E-state index in [2.05, 4.69) is 20.3 Å². The third-order valence-electron chi connectivity index (χ3n) is 3.29. The number of anilines is 2. The predicted octanol–water partition coefficient (Wildman–Crippen LogP) is 3.05. The van der Waals surface area contributed by atoms with Crippen LogP contribution in [0.5, 0.6) is 5.75 Å². The topological polar surface area (TPSA) is 103 Å². The first-order valence-corrected chi connectivity index (χ1v) is 7.20. The van der Waals surface area contributed by atoms with Gasteiger partial charge in [-0.05, 0) is 36.8 Å². The number of hydrogen-bond acceptors (Lipinski definition) is 6. The smallest absolute Gasteiger partial charge is 0.409 e. The summed E-state index contributed by atoms with van der Waals surface area (Å²) in [5.74, 6) is 0.773. The fourth-order valence-electron chi connectivity index (χ4n) is 2.13. The fourth-order valence-corrected chi connectivity index (χ4v) is 2.13. The van der Waals surface area contributed by atoms with E-state index in [9.17, 15) is 4.79 Å². The van der Waals surface area contributed by atoms with Crippen molar-refractivity contribution in [3.63, 3.8) is 0 Å². The second-order valence-corrected chi connectivity index (χ2v) is 5.03. The zero-order chi connectivity index (χ0) is 16.9. The van der Waals surface area contributed by atoms with E-state index in [1.165, 1.54) is 0 Å². The molecule has 120 valence electrons. The van der Waals surface area contributed by atoms with E-state index in [4.69, 9.17) is 10.5 Å². The van der Waals surface area contributed by atoms with Crippen LogP contribution in [0, 0.1) is 6.92 Å². The number of hydrogen-bond donors (Lipinski definition) is 2. The van der Waals surface area contributed by atoms with E-state index in [0.717, 1.165) is 22.5 Å². The van der Waals surface area contributed by atoms with Gasteiger partial charge in [0.1, 0.15) is 5.75 Å². The Kier molecular flexibility index (Phi) is 4.33. The molecule has 0 bridgehead atoms. The summed E-state index contributed by atoms with van der Waals surface area (Å²) < 4.78 is 4.89.